The van der Waals surface area contributed by atoms with Crippen LogP contribution in [0.5, 0.6) is 11.5 Å². The summed E-state index contributed by atoms with van der Waals surface area (Å²) in [5.74, 6) is 1.42. The summed E-state index contributed by atoms with van der Waals surface area (Å²) in [5.41, 5.74) is 2.85. The van der Waals surface area contributed by atoms with Gasteiger partial charge in [0.2, 0.25) is 0 Å². The SMILES string of the molecule is COc1ccc(CN2C(=O)c3ccc(Br)cc3C2C)cc1OC. The van der Waals surface area contributed by atoms with Gasteiger partial charge >= 0.3 is 0 Å². The average Bonchev–Trinajstić information content (AvgIpc) is 2.79. The Labute approximate surface area is 144 Å². The highest BCUT2D eigenvalue weighted by Crippen LogP contribution is 2.37. The maximum absolute atomic E-state index is 12.7. The second-order valence-corrected chi connectivity index (χ2v) is 6.45. The number of carbonyl (C=O) groups is 1. The van der Waals surface area contributed by atoms with E-state index in [0.717, 1.165) is 21.2 Å². The number of nitrogens with zero attached hydrogens (tertiary/aromatic N) is 1. The van der Waals surface area contributed by atoms with Crippen molar-refractivity contribution in [2.45, 2.75) is 19.5 Å². The van der Waals surface area contributed by atoms with E-state index in [1.54, 1.807) is 14.2 Å². The van der Waals surface area contributed by atoms with Crippen LogP contribution in [0.4, 0.5) is 0 Å². The number of amides is 1. The molecule has 2 aromatic rings. The molecule has 2 aromatic carbocycles. The van der Waals surface area contributed by atoms with Gasteiger partial charge in [0.1, 0.15) is 0 Å². The van der Waals surface area contributed by atoms with Crippen molar-refractivity contribution in [2.24, 2.45) is 0 Å². The third-order valence-electron chi connectivity index (χ3n) is 4.22. The van der Waals surface area contributed by atoms with Crippen molar-refractivity contribution in [1.29, 1.82) is 0 Å². The molecule has 0 N–H and O–H groups in total. The molecule has 0 aromatic heterocycles. The molecule has 1 amide bonds. The molecule has 5 heteroatoms. The van der Waals surface area contributed by atoms with Crippen molar-refractivity contribution in [3.05, 3.63) is 57.6 Å². The maximum Gasteiger partial charge on any atom is 0.255 e. The number of fused-ring (bicyclic) bond motifs is 1. The number of hydrogen-bond donors (Lipinski definition) is 0. The predicted octanol–water partition coefficient (Wildman–Crippen LogP) is 4.18. The first-order valence-electron chi connectivity index (χ1n) is 7.36. The van der Waals surface area contributed by atoms with Gasteiger partial charge < -0.3 is 14.4 Å². The molecule has 0 aliphatic carbocycles. The Bertz CT molecular complexity index is 760. The predicted molar refractivity (Wildman–Crippen MR) is 92.0 cm³/mol. The fourth-order valence-electron chi connectivity index (χ4n) is 2.96. The highest BCUT2D eigenvalue weighted by molar-refractivity contribution is 9.10. The van der Waals surface area contributed by atoms with Crippen molar-refractivity contribution in [1.82, 2.24) is 4.90 Å². The largest absolute Gasteiger partial charge is 0.493 e. The zero-order valence-corrected chi connectivity index (χ0v) is 14.9. The molecule has 1 aliphatic rings. The number of hydrogen-bond acceptors (Lipinski definition) is 3. The van der Waals surface area contributed by atoms with Gasteiger partial charge in [0.05, 0.1) is 20.3 Å². The van der Waals surface area contributed by atoms with Gasteiger partial charge in [-0.1, -0.05) is 22.0 Å². The molecule has 1 aliphatic heterocycles. The summed E-state index contributed by atoms with van der Waals surface area (Å²) in [6.45, 7) is 2.59. The number of ether oxygens (including phenoxy) is 2. The van der Waals surface area contributed by atoms with Crippen LogP contribution in [0.15, 0.2) is 40.9 Å². The van der Waals surface area contributed by atoms with Gasteiger partial charge in [-0.15, -0.1) is 0 Å². The molecule has 1 atom stereocenters. The van der Waals surface area contributed by atoms with Gasteiger partial charge in [-0.3, -0.25) is 4.79 Å². The van der Waals surface area contributed by atoms with Crippen LogP contribution in [0.2, 0.25) is 0 Å². The lowest BCUT2D eigenvalue weighted by atomic mass is 10.1. The molecule has 0 fully saturated rings. The second-order valence-electron chi connectivity index (χ2n) is 5.53. The Balaban J connectivity index is 1.88. The lowest BCUT2D eigenvalue weighted by Crippen LogP contribution is -2.26. The van der Waals surface area contributed by atoms with E-state index in [0.29, 0.717) is 18.0 Å². The molecule has 120 valence electrons. The molecule has 1 heterocycles. The van der Waals surface area contributed by atoms with Gasteiger partial charge in [0, 0.05) is 16.6 Å². The molecule has 0 saturated carbocycles. The quantitative estimate of drug-likeness (QED) is 0.804. The third kappa shape index (κ3) is 2.81. The van der Waals surface area contributed by atoms with E-state index >= 15 is 0 Å². The minimum atomic E-state index is 0.0445. The highest BCUT2D eigenvalue weighted by Gasteiger charge is 2.33. The molecule has 3 rings (SSSR count). The summed E-state index contributed by atoms with van der Waals surface area (Å²) in [6, 6.07) is 11.6. The normalized spacial score (nSPS) is 16.4. The van der Waals surface area contributed by atoms with Crippen LogP contribution in [0, 0.1) is 0 Å². The zero-order chi connectivity index (χ0) is 16.6. The Morgan fingerprint density at radius 3 is 2.52 bits per heavy atom. The fourth-order valence-corrected chi connectivity index (χ4v) is 3.34. The van der Waals surface area contributed by atoms with Gasteiger partial charge in [0.15, 0.2) is 11.5 Å². The summed E-state index contributed by atoms with van der Waals surface area (Å²) in [6.07, 6.45) is 0. The van der Waals surface area contributed by atoms with E-state index in [1.165, 1.54) is 0 Å². The second kappa shape index (κ2) is 6.24. The maximum atomic E-state index is 12.7. The molecule has 0 bridgehead atoms. The molecule has 0 saturated heterocycles. The monoisotopic (exact) mass is 375 g/mol. The van der Waals surface area contributed by atoms with Crippen LogP contribution in [0.3, 0.4) is 0 Å². The topological polar surface area (TPSA) is 38.8 Å². The Morgan fingerprint density at radius 1 is 1.09 bits per heavy atom. The molecule has 4 nitrogen and oxygen atoms in total. The van der Waals surface area contributed by atoms with Crippen LogP contribution in [-0.2, 0) is 6.54 Å². The van der Waals surface area contributed by atoms with Crippen molar-refractivity contribution in [2.75, 3.05) is 14.2 Å². The zero-order valence-electron chi connectivity index (χ0n) is 13.3. The molecular formula is C18H18BrNO3. The van der Waals surface area contributed by atoms with Crippen molar-refractivity contribution in [3.63, 3.8) is 0 Å². The van der Waals surface area contributed by atoms with Crippen LogP contribution < -0.4 is 9.47 Å². The molecule has 1 unspecified atom stereocenters. The minimum absolute atomic E-state index is 0.0445. The first-order valence-corrected chi connectivity index (χ1v) is 8.15. The Kier molecular flexibility index (Phi) is 4.31. The molecule has 0 spiro atoms. The standard InChI is InChI=1S/C18H18BrNO3/c1-11-15-9-13(19)5-6-14(15)18(21)20(11)10-12-4-7-16(22-2)17(8-12)23-3/h4-9,11H,10H2,1-3H3. The summed E-state index contributed by atoms with van der Waals surface area (Å²) in [5, 5.41) is 0. The van der Waals surface area contributed by atoms with Crippen molar-refractivity contribution in [3.8, 4) is 11.5 Å². The summed E-state index contributed by atoms with van der Waals surface area (Å²) in [7, 11) is 3.22. The third-order valence-corrected chi connectivity index (χ3v) is 4.72. The van der Waals surface area contributed by atoms with Crippen molar-refractivity contribution >= 4 is 21.8 Å². The van der Waals surface area contributed by atoms with Gasteiger partial charge in [-0.2, -0.15) is 0 Å². The van der Waals surface area contributed by atoms with E-state index in [-0.39, 0.29) is 11.9 Å². The van der Waals surface area contributed by atoms with Crippen molar-refractivity contribution < 1.29 is 14.3 Å². The van der Waals surface area contributed by atoms with Crippen LogP contribution in [0.25, 0.3) is 0 Å². The number of methoxy groups -OCH3 is 2. The molecule has 23 heavy (non-hydrogen) atoms. The van der Waals surface area contributed by atoms with Gasteiger partial charge in [0.25, 0.3) is 5.91 Å². The number of carbonyl (C=O) groups excluding carboxylic acids is 1. The Hall–Kier alpha value is -2.01. The highest BCUT2D eigenvalue weighted by atomic mass is 79.9. The number of halogens is 1. The molecule has 0 radical (unpaired) electrons. The minimum Gasteiger partial charge on any atom is -0.493 e. The van der Waals surface area contributed by atoms with Gasteiger partial charge in [-0.05, 0) is 48.4 Å². The van der Waals surface area contributed by atoms with E-state index in [1.807, 2.05) is 41.3 Å². The summed E-state index contributed by atoms with van der Waals surface area (Å²) in [4.78, 5) is 14.5. The number of rotatable bonds is 4. The number of benzene rings is 2. The lowest BCUT2D eigenvalue weighted by molar-refractivity contribution is 0.0723. The van der Waals surface area contributed by atoms with E-state index in [4.69, 9.17) is 9.47 Å². The smallest absolute Gasteiger partial charge is 0.255 e. The average molecular weight is 376 g/mol. The summed E-state index contributed by atoms with van der Waals surface area (Å²) < 4.78 is 11.6. The fraction of sp³-hybridized carbons (Fsp3) is 0.278. The molecular weight excluding hydrogens is 358 g/mol. The van der Waals surface area contributed by atoms with E-state index < -0.39 is 0 Å². The van der Waals surface area contributed by atoms with Gasteiger partial charge in [-0.25, -0.2) is 0 Å². The van der Waals surface area contributed by atoms with E-state index in [9.17, 15) is 4.79 Å². The van der Waals surface area contributed by atoms with E-state index in [2.05, 4.69) is 22.9 Å². The first-order chi connectivity index (χ1) is 11.0. The lowest BCUT2D eigenvalue weighted by Gasteiger charge is -2.22. The van der Waals surface area contributed by atoms with Crippen LogP contribution >= 0.6 is 15.9 Å². The van der Waals surface area contributed by atoms with Crippen LogP contribution in [-0.4, -0.2) is 25.0 Å². The summed E-state index contributed by atoms with van der Waals surface area (Å²) >= 11 is 3.47. The Morgan fingerprint density at radius 2 is 1.83 bits per heavy atom. The van der Waals surface area contributed by atoms with Crippen LogP contribution in [0.1, 0.15) is 34.5 Å². The first kappa shape index (κ1) is 15.9.